The van der Waals surface area contributed by atoms with Crippen molar-refractivity contribution in [3.63, 3.8) is 0 Å². The minimum absolute atomic E-state index is 0.0628. The van der Waals surface area contributed by atoms with Crippen molar-refractivity contribution in [3.05, 3.63) is 70.3 Å². The molecular weight excluding hydrogens is 326 g/mol. The van der Waals surface area contributed by atoms with Crippen molar-refractivity contribution in [2.45, 2.75) is 6.61 Å². The predicted molar refractivity (Wildman–Crippen MR) is 91.5 cm³/mol. The fraction of sp³-hybridized carbons (Fsp3) is 0.167. The smallest absolute Gasteiger partial charge is 0.338 e. The van der Waals surface area contributed by atoms with Gasteiger partial charge in [0.05, 0.1) is 24.7 Å². The molecule has 0 fully saturated rings. The summed E-state index contributed by atoms with van der Waals surface area (Å²) in [5.74, 6) is -0.474. The molecule has 0 aliphatic rings. The second-order valence-corrected chi connectivity index (χ2v) is 4.99. The molecule has 2 rings (SSSR count). The molecule has 0 amide bonds. The highest BCUT2D eigenvalue weighted by Crippen LogP contribution is 2.41. The number of ether oxygens (including phenoxy) is 3. The number of benzene rings is 2. The molecule has 2 aromatic rings. The lowest BCUT2D eigenvalue weighted by atomic mass is 10.0. The summed E-state index contributed by atoms with van der Waals surface area (Å²) >= 11 is 0. The Balaban J connectivity index is 2.53. The first-order chi connectivity index (χ1) is 12.0. The van der Waals surface area contributed by atoms with Gasteiger partial charge in [0.2, 0.25) is 0 Å². The lowest BCUT2D eigenvalue weighted by Gasteiger charge is -2.16. The molecule has 7 nitrogen and oxygen atoms in total. The molecule has 0 bridgehead atoms. The largest absolute Gasteiger partial charge is 0.493 e. The van der Waals surface area contributed by atoms with Crippen LogP contribution >= 0.6 is 0 Å². The molecule has 0 spiro atoms. The van der Waals surface area contributed by atoms with Gasteiger partial charge in [-0.3, -0.25) is 10.1 Å². The number of nitro groups is 1. The zero-order chi connectivity index (χ0) is 18.4. The van der Waals surface area contributed by atoms with E-state index in [2.05, 4.69) is 11.3 Å². The maximum absolute atomic E-state index is 11.9. The average molecular weight is 343 g/mol. The fourth-order valence-electron chi connectivity index (χ4n) is 2.26. The molecule has 0 aliphatic carbocycles. The number of hydrogen-bond acceptors (Lipinski definition) is 6. The van der Waals surface area contributed by atoms with Crippen LogP contribution < -0.4 is 9.47 Å². The molecule has 0 radical (unpaired) electrons. The van der Waals surface area contributed by atoms with E-state index in [1.165, 1.54) is 26.4 Å². The zero-order valence-electron chi connectivity index (χ0n) is 13.9. The third-order valence-corrected chi connectivity index (χ3v) is 3.48. The van der Waals surface area contributed by atoms with E-state index in [1.807, 2.05) is 30.3 Å². The monoisotopic (exact) mass is 343 g/mol. The Morgan fingerprint density at radius 1 is 1.16 bits per heavy atom. The first-order valence-electron chi connectivity index (χ1n) is 7.29. The van der Waals surface area contributed by atoms with Gasteiger partial charge in [-0.25, -0.2) is 4.79 Å². The Hall–Kier alpha value is -3.35. The highest BCUT2D eigenvalue weighted by molar-refractivity contribution is 6.18. The normalized spacial score (nSPS) is 10.0. The number of rotatable bonds is 7. The molecule has 0 aromatic heterocycles. The topological polar surface area (TPSA) is 87.9 Å². The minimum Gasteiger partial charge on any atom is -0.493 e. The van der Waals surface area contributed by atoms with Gasteiger partial charge in [0.25, 0.3) is 5.69 Å². The summed E-state index contributed by atoms with van der Waals surface area (Å²) in [6, 6.07) is 11.9. The summed E-state index contributed by atoms with van der Waals surface area (Å²) in [6.07, 6.45) is 0. The van der Waals surface area contributed by atoms with E-state index >= 15 is 0 Å². The Kier molecular flexibility index (Phi) is 5.73. The van der Waals surface area contributed by atoms with Gasteiger partial charge < -0.3 is 14.2 Å². The summed E-state index contributed by atoms with van der Waals surface area (Å²) in [5.41, 5.74) is 0.285. The van der Waals surface area contributed by atoms with Gasteiger partial charge in [-0.1, -0.05) is 36.9 Å². The summed E-state index contributed by atoms with van der Waals surface area (Å²) in [7, 11) is 2.57. The molecule has 0 unspecified atom stereocenters. The maximum Gasteiger partial charge on any atom is 0.338 e. The second-order valence-electron chi connectivity index (χ2n) is 4.99. The molecule has 0 N–H and O–H groups in total. The van der Waals surface area contributed by atoms with E-state index in [0.29, 0.717) is 0 Å². The van der Waals surface area contributed by atoms with Gasteiger partial charge in [-0.2, -0.15) is 0 Å². The highest BCUT2D eigenvalue weighted by Gasteiger charge is 2.28. The summed E-state index contributed by atoms with van der Waals surface area (Å²) in [5, 5.41) is 11.4. The van der Waals surface area contributed by atoms with Gasteiger partial charge in [-0.15, -0.1) is 0 Å². The lowest BCUT2D eigenvalue weighted by Crippen LogP contribution is -2.09. The fourth-order valence-corrected chi connectivity index (χ4v) is 2.26. The molecule has 7 heteroatoms. The number of carbonyl (C=O) groups excluding carboxylic acids is 1. The Morgan fingerprint density at radius 2 is 1.84 bits per heavy atom. The van der Waals surface area contributed by atoms with Crippen molar-refractivity contribution in [2.75, 3.05) is 14.2 Å². The maximum atomic E-state index is 11.9. The van der Waals surface area contributed by atoms with E-state index in [9.17, 15) is 14.9 Å². The lowest BCUT2D eigenvalue weighted by molar-refractivity contribution is -0.385. The Labute approximate surface area is 144 Å². The zero-order valence-corrected chi connectivity index (χ0v) is 13.9. The first-order valence-corrected chi connectivity index (χ1v) is 7.29. The van der Waals surface area contributed by atoms with Crippen LogP contribution in [0.5, 0.6) is 11.5 Å². The van der Waals surface area contributed by atoms with Gasteiger partial charge >= 0.3 is 5.97 Å². The van der Waals surface area contributed by atoms with Crippen molar-refractivity contribution in [3.8, 4) is 11.5 Å². The van der Waals surface area contributed by atoms with Crippen LogP contribution in [0.3, 0.4) is 0 Å². The van der Waals surface area contributed by atoms with Gasteiger partial charge in [0.15, 0.2) is 11.5 Å². The summed E-state index contributed by atoms with van der Waals surface area (Å²) in [6.45, 7) is 3.75. The third kappa shape index (κ3) is 3.95. The number of hydrogen-bond donors (Lipinski definition) is 0. The van der Waals surface area contributed by atoms with Gasteiger partial charge in [0, 0.05) is 6.07 Å². The van der Waals surface area contributed by atoms with E-state index in [-0.39, 0.29) is 34.9 Å². The standard InChI is InChI=1S/C18H17NO6/c1-12(18(20)24-3)16-14(19(21)22)9-10-15(23-2)17(16)25-11-13-7-5-4-6-8-13/h4-10H,1,11H2,2-3H3. The summed E-state index contributed by atoms with van der Waals surface area (Å²) in [4.78, 5) is 22.6. The number of carbonyl (C=O) groups is 1. The van der Waals surface area contributed by atoms with Crippen molar-refractivity contribution in [2.24, 2.45) is 0 Å². The van der Waals surface area contributed by atoms with Crippen LogP contribution in [0.1, 0.15) is 11.1 Å². The Bertz CT molecular complexity index is 801. The van der Waals surface area contributed by atoms with E-state index in [4.69, 9.17) is 9.47 Å². The molecule has 0 heterocycles. The van der Waals surface area contributed by atoms with Crippen molar-refractivity contribution >= 4 is 17.2 Å². The molecule has 0 atom stereocenters. The number of nitrogens with zero attached hydrogens (tertiary/aromatic N) is 1. The number of nitro benzene ring substituents is 1. The highest BCUT2D eigenvalue weighted by atomic mass is 16.6. The van der Waals surface area contributed by atoms with E-state index in [1.54, 1.807) is 0 Å². The van der Waals surface area contributed by atoms with Crippen molar-refractivity contribution in [1.82, 2.24) is 0 Å². The molecule has 0 saturated carbocycles. The first kappa shape index (κ1) is 18.0. The SMILES string of the molecule is C=C(C(=O)OC)c1c([N+](=O)[O-])ccc(OC)c1OCc1ccccc1. The summed E-state index contributed by atoms with van der Waals surface area (Å²) < 4.78 is 15.6. The van der Waals surface area contributed by atoms with Crippen LogP contribution in [-0.2, 0) is 16.1 Å². The minimum atomic E-state index is -0.791. The Morgan fingerprint density at radius 3 is 2.40 bits per heavy atom. The van der Waals surface area contributed by atoms with Crippen LogP contribution in [-0.4, -0.2) is 25.1 Å². The van der Waals surface area contributed by atoms with Crippen LogP contribution in [0.15, 0.2) is 49.0 Å². The van der Waals surface area contributed by atoms with Crippen molar-refractivity contribution in [1.29, 1.82) is 0 Å². The third-order valence-electron chi connectivity index (χ3n) is 3.48. The predicted octanol–water partition coefficient (Wildman–Crippen LogP) is 3.37. The number of esters is 1. The molecular formula is C18H17NO6. The van der Waals surface area contributed by atoms with E-state index < -0.39 is 10.9 Å². The van der Waals surface area contributed by atoms with Crippen LogP contribution in [0.2, 0.25) is 0 Å². The van der Waals surface area contributed by atoms with Gasteiger partial charge in [-0.05, 0) is 11.6 Å². The van der Waals surface area contributed by atoms with Crippen LogP contribution in [0, 0.1) is 10.1 Å². The molecule has 0 saturated heterocycles. The molecule has 2 aromatic carbocycles. The van der Waals surface area contributed by atoms with E-state index in [0.717, 1.165) is 5.56 Å². The molecule has 25 heavy (non-hydrogen) atoms. The van der Waals surface area contributed by atoms with Crippen molar-refractivity contribution < 1.29 is 23.9 Å². The molecule has 0 aliphatic heterocycles. The second kappa shape index (κ2) is 7.96. The molecule has 130 valence electrons. The quantitative estimate of drug-likeness (QED) is 0.331. The number of methoxy groups -OCH3 is 2. The van der Waals surface area contributed by atoms with Crippen LogP contribution in [0.4, 0.5) is 5.69 Å². The van der Waals surface area contributed by atoms with Gasteiger partial charge in [0.1, 0.15) is 12.2 Å². The average Bonchev–Trinajstić information content (AvgIpc) is 2.64. The van der Waals surface area contributed by atoms with Crippen LogP contribution in [0.25, 0.3) is 5.57 Å².